The van der Waals surface area contributed by atoms with Crippen LogP contribution >= 0.6 is 11.3 Å². The third-order valence-corrected chi connectivity index (χ3v) is 6.78. The molecule has 0 bridgehead atoms. The van der Waals surface area contributed by atoms with Gasteiger partial charge in [0.2, 0.25) is 16.0 Å². The van der Waals surface area contributed by atoms with Crippen LogP contribution in [-0.4, -0.2) is 39.6 Å². The Kier molecular flexibility index (Phi) is 3.50. The van der Waals surface area contributed by atoms with Gasteiger partial charge in [-0.15, -0.1) is 5.10 Å². The molecule has 1 N–H and O–H groups in total. The van der Waals surface area contributed by atoms with E-state index in [0.29, 0.717) is 5.92 Å². The molecule has 1 saturated heterocycles. The quantitative estimate of drug-likeness (QED) is 0.925. The number of nitrogens with one attached hydrogen (secondary N) is 1. The summed E-state index contributed by atoms with van der Waals surface area (Å²) in [7, 11) is 0. The van der Waals surface area contributed by atoms with Gasteiger partial charge < -0.3 is 10.2 Å². The number of nitrogens with zero attached hydrogens (tertiary/aromatic N) is 4. The highest BCUT2D eigenvalue weighted by Gasteiger charge is 2.34. The van der Waals surface area contributed by atoms with Crippen molar-refractivity contribution >= 4 is 27.3 Å². The summed E-state index contributed by atoms with van der Waals surface area (Å²) >= 11 is 1.66. The molecular weight excluding hydrogens is 322 g/mol. The van der Waals surface area contributed by atoms with Crippen LogP contribution in [0.1, 0.15) is 56.6 Å². The lowest BCUT2D eigenvalue weighted by Crippen LogP contribution is -2.60. The minimum Gasteiger partial charge on any atom is -0.350 e. The Balaban J connectivity index is 1.20. The Labute approximate surface area is 145 Å². The van der Waals surface area contributed by atoms with Crippen molar-refractivity contribution in [1.29, 1.82) is 0 Å². The smallest absolute Gasteiger partial charge is 0.223 e. The molecule has 3 aliphatic rings. The fraction of sp³-hybridized carbons (Fsp3) is 0.706. The Morgan fingerprint density at radius 3 is 2.62 bits per heavy atom. The van der Waals surface area contributed by atoms with Crippen molar-refractivity contribution in [2.45, 2.75) is 56.9 Å². The molecule has 6 nitrogen and oxygen atoms in total. The van der Waals surface area contributed by atoms with Crippen molar-refractivity contribution < 1.29 is 4.79 Å². The summed E-state index contributed by atoms with van der Waals surface area (Å²) in [6.45, 7) is 1.73. The van der Waals surface area contributed by atoms with Crippen molar-refractivity contribution in [2.24, 2.45) is 5.92 Å². The van der Waals surface area contributed by atoms with Crippen LogP contribution < -0.4 is 10.2 Å². The van der Waals surface area contributed by atoms with Crippen LogP contribution in [-0.2, 0) is 4.79 Å². The number of fused-ring (bicyclic) bond motifs is 1. The minimum atomic E-state index is 0.251. The molecular formula is C17H23N5OS. The third-order valence-electron chi connectivity index (χ3n) is 5.80. The van der Waals surface area contributed by atoms with Crippen LogP contribution in [0.5, 0.6) is 0 Å². The Morgan fingerprint density at radius 2 is 1.96 bits per heavy atom. The summed E-state index contributed by atoms with van der Waals surface area (Å²) in [5.74, 6) is 1.16. The predicted molar refractivity (Wildman–Crippen MR) is 93.6 cm³/mol. The van der Waals surface area contributed by atoms with Crippen molar-refractivity contribution in [1.82, 2.24) is 19.9 Å². The fourth-order valence-corrected chi connectivity index (χ4v) is 4.88. The van der Waals surface area contributed by atoms with Gasteiger partial charge in [0, 0.05) is 24.9 Å². The van der Waals surface area contributed by atoms with Crippen molar-refractivity contribution in [3.8, 4) is 0 Å². The molecule has 0 radical (unpaired) electrons. The van der Waals surface area contributed by atoms with E-state index in [9.17, 15) is 4.79 Å². The van der Waals surface area contributed by atoms with Gasteiger partial charge in [0.25, 0.3) is 0 Å². The minimum absolute atomic E-state index is 0.251. The van der Waals surface area contributed by atoms with Gasteiger partial charge in [0.15, 0.2) is 0 Å². The zero-order valence-corrected chi connectivity index (χ0v) is 14.6. The average Bonchev–Trinajstić information content (AvgIpc) is 3.14. The molecule has 0 atom stereocenters. The number of carbonyl (C=O) groups excluding carboxylic acids is 1. The van der Waals surface area contributed by atoms with Crippen molar-refractivity contribution in [3.05, 3.63) is 11.9 Å². The summed E-state index contributed by atoms with van der Waals surface area (Å²) in [6, 6.07) is 0.281. The van der Waals surface area contributed by atoms with Crippen LogP contribution in [0.2, 0.25) is 0 Å². The molecule has 3 fully saturated rings. The molecule has 2 saturated carbocycles. The Morgan fingerprint density at radius 1 is 1.17 bits per heavy atom. The lowest BCUT2D eigenvalue weighted by atomic mass is 9.84. The zero-order valence-electron chi connectivity index (χ0n) is 13.8. The molecule has 2 aliphatic carbocycles. The maximum atomic E-state index is 12.0. The summed E-state index contributed by atoms with van der Waals surface area (Å²) in [4.78, 5) is 20.0. The van der Waals surface area contributed by atoms with Crippen LogP contribution in [0.4, 0.5) is 5.13 Å². The number of hydrogen-bond donors (Lipinski definition) is 1. The van der Waals surface area contributed by atoms with E-state index in [2.05, 4.69) is 21.5 Å². The monoisotopic (exact) mass is 345 g/mol. The molecule has 0 aromatic carbocycles. The molecule has 7 heteroatoms. The van der Waals surface area contributed by atoms with Crippen LogP contribution in [0, 0.1) is 5.92 Å². The highest BCUT2D eigenvalue weighted by atomic mass is 32.1. The Bertz CT molecular complexity index is 721. The van der Waals surface area contributed by atoms with Crippen molar-refractivity contribution in [2.75, 3.05) is 18.0 Å². The largest absolute Gasteiger partial charge is 0.350 e. The Hall–Kier alpha value is -1.63. The molecule has 24 heavy (non-hydrogen) atoms. The second-order valence-corrected chi connectivity index (χ2v) is 8.43. The molecule has 128 valence electrons. The summed E-state index contributed by atoms with van der Waals surface area (Å²) in [6.07, 6.45) is 10.6. The number of hydrogen-bond acceptors (Lipinski definition) is 5. The maximum absolute atomic E-state index is 12.0. The molecule has 5 rings (SSSR count). The van der Waals surface area contributed by atoms with E-state index in [4.69, 9.17) is 4.98 Å². The number of rotatable bonds is 4. The van der Waals surface area contributed by atoms with E-state index in [-0.39, 0.29) is 17.9 Å². The molecule has 3 heterocycles. The highest BCUT2D eigenvalue weighted by molar-refractivity contribution is 7.20. The standard InChI is InChI=1S/C17H23N5OS/c23-15(12-6-3-7-12)18-13-8-21(9-13)17-20-22-10-14(19-16(22)24-17)11-4-1-2-5-11/h10-13H,1-9H2,(H,18,23). The number of carbonyl (C=O) groups is 1. The highest BCUT2D eigenvalue weighted by Crippen LogP contribution is 2.35. The van der Waals surface area contributed by atoms with Gasteiger partial charge in [0.05, 0.1) is 17.9 Å². The number of imidazole rings is 1. The molecule has 1 amide bonds. The van der Waals surface area contributed by atoms with Gasteiger partial charge in [-0.3, -0.25) is 4.79 Å². The SMILES string of the molecule is O=C(NC1CN(c2nn3cc(C4CCCC4)nc3s2)C1)C1CCC1. The van der Waals surface area contributed by atoms with Crippen LogP contribution in [0.15, 0.2) is 6.20 Å². The first kappa shape index (κ1) is 14.7. The first-order chi connectivity index (χ1) is 11.8. The molecule has 2 aromatic heterocycles. The summed E-state index contributed by atoms with van der Waals surface area (Å²) in [5.41, 5.74) is 1.21. The van der Waals surface area contributed by atoms with Gasteiger partial charge in [-0.25, -0.2) is 9.50 Å². The molecule has 0 spiro atoms. The molecule has 1 aliphatic heterocycles. The van der Waals surface area contributed by atoms with Crippen molar-refractivity contribution in [3.63, 3.8) is 0 Å². The van der Waals surface area contributed by atoms with E-state index in [1.54, 1.807) is 11.3 Å². The van der Waals surface area contributed by atoms with Crippen LogP contribution in [0.3, 0.4) is 0 Å². The van der Waals surface area contributed by atoms with E-state index in [1.807, 2.05) is 4.52 Å². The van der Waals surface area contributed by atoms with Gasteiger partial charge in [-0.2, -0.15) is 0 Å². The first-order valence-corrected chi connectivity index (χ1v) is 9.99. The van der Waals surface area contributed by atoms with Crippen LogP contribution in [0.25, 0.3) is 4.96 Å². The summed E-state index contributed by atoms with van der Waals surface area (Å²) < 4.78 is 1.94. The number of aromatic nitrogens is 3. The average molecular weight is 345 g/mol. The maximum Gasteiger partial charge on any atom is 0.223 e. The van der Waals surface area contributed by atoms with E-state index in [1.165, 1.54) is 37.8 Å². The second kappa shape index (κ2) is 5.72. The zero-order chi connectivity index (χ0) is 16.1. The normalized spacial score (nSPS) is 22.8. The second-order valence-electron chi connectivity index (χ2n) is 7.50. The lowest BCUT2D eigenvalue weighted by Gasteiger charge is -2.40. The third kappa shape index (κ3) is 2.49. The topological polar surface area (TPSA) is 62.5 Å². The van der Waals surface area contributed by atoms with E-state index in [0.717, 1.165) is 36.0 Å². The van der Waals surface area contributed by atoms with Gasteiger partial charge in [0.1, 0.15) is 0 Å². The number of amides is 1. The fourth-order valence-electron chi connectivity index (χ4n) is 3.97. The predicted octanol–water partition coefficient (Wildman–Crippen LogP) is 2.55. The van der Waals surface area contributed by atoms with Gasteiger partial charge >= 0.3 is 0 Å². The molecule has 0 unspecified atom stereocenters. The first-order valence-electron chi connectivity index (χ1n) is 9.18. The van der Waals surface area contributed by atoms with E-state index >= 15 is 0 Å². The molecule has 2 aromatic rings. The summed E-state index contributed by atoms with van der Waals surface area (Å²) in [5, 5.41) is 8.87. The number of anilines is 1. The van der Waals surface area contributed by atoms with Gasteiger partial charge in [-0.05, 0) is 25.7 Å². The van der Waals surface area contributed by atoms with E-state index < -0.39 is 0 Å². The lowest BCUT2D eigenvalue weighted by molar-refractivity contribution is -0.128. The van der Waals surface area contributed by atoms with Gasteiger partial charge in [-0.1, -0.05) is 30.6 Å².